The standard InChI is InChI=1S/C19H21N5O4S/c1-3-13-6-7-14(10-16(13)29(20,27)28)22-19(26)18-21-11-17(25)24(23-18)15-8-4-12(2)5-9-15/h4-10H,3,11H2,1-2H3,(H,21,23)(H,22,26)(H2,20,27,28). The number of nitrogens with zero attached hydrogens (tertiary/aromatic N) is 2. The molecule has 2 aromatic rings. The van der Waals surface area contributed by atoms with E-state index in [0.29, 0.717) is 17.7 Å². The van der Waals surface area contributed by atoms with E-state index in [4.69, 9.17) is 5.14 Å². The third-order valence-corrected chi connectivity index (χ3v) is 5.35. The van der Waals surface area contributed by atoms with E-state index in [9.17, 15) is 18.0 Å². The number of carbonyl (C=O) groups is 2. The molecule has 9 nitrogen and oxygen atoms in total. The molecule has 1 aliphatic rings. The van der Waals surface area contributed by atoms with Gasteiger partial charge in [0.1, 0.15) is 6.54 Å². The van der Waals surface area contributed by atoms with Crippen molar-refractivity contribution in [3.05, 3.63) is 53.6 Å². The first kappa shape index (κ1) is 20.5. The highest BCUT2D eigenvalue weighted by atomic mass is 32.2. The van der Waals surface area contributed by atoms with Crippen molar-refractivity contribution in [3.63, 3.8) is 0 Å². The van der Waals surface area contributed by atoms with Crippen molar-refractivity contribution in [2.24, 2.45) is 10.1 Å². The van der Waals surface area contributed by atoms with Gasteiger partial charge in [-0.1, -0.05) is 30.7 Å². The lowest BCUT2D eigenvalue weighted by molar-refractivity contribution is -0.118. The topological polar surface area (TPSA) is 134 Å². The Labute approximate surface area is 168 Å². The van der Waals surface area contributed by atoms with Crippen LogP contribution in [0.15, 0.2) is 52.4 Å². The van der Waals surface area contributed by atoms with E-state index in [-0.39, 0.29) is 28.9 Å². The Bertz CT molecular complexity index is 1090. The summed E-state index contributed by atoms with van der Waals surface area (Å²) in [5.41, 5.74) is 5.11. The molecule has 0 unspecified atom stereocenters. The van der Waals surface area contributed by atoms with Gasteiger partial charge in [0, 0.05) is 5.69 Å². The number of hydrazine groups is 1. The van der Waals surface area contributed by atoms with E-state index in [0.717, 1.165) is 5.56 Å². The van der Waals surface area contributed by atoms with Crippen molar-refractivity contribution >= 4 is 39.0 Å². The zero-order valence-corrected chi connectivity index (χ0v) is 16.8. The summed E-state index contributed by atoms with van der Waals surface area (Å²) in [5.74, 6) is -0.990. The van der Waals surface area contributed by atoms with Gasteiger partial charge < -0.3 is 5.32 Å². The number of benzene rings is 2. The first-order valence-corrected chi connectivity index (χ1v) is 10.4. The molecular weight excluding hydrogens is 394 g/mol. The van der Waals surface area contributed by atoms with Crippen molar-refractivity contribution in [1.82, 2.24) is 5.43 Å². The van der Waals surface area contributed by atoms with Gasteiger partial charge in [0.15, 0.2) is 0 Å². The highest BCUT2D eigenvalue weighted by Gasteiger charge is 2.26. The molecule has 0 saturated heterocycles. The number of amides is 2. The van der Waals surface area contributed by atoms with Crippen LogP contribution in [0.3, 0.4) is 0 Å². The predicted molar refractivity (Wildman–Crippen MR) is 110 cm³/mol. The van der Waals surface area contributed by atoms with Crippen molar-refractivity contribution in [1.29, 1.82) is 0 Å². The molecule has 0 atom stereocenters. The Balaban J connectivity index is 1.80. The number of hydrogen-bond acceptors (Lipinski definition) is 6. The van der Waals surface area contributed by atoms with Crippen LogP contribution in [0.5, 0.6) is 0 Å². The van der Waals surface area contributed by atoms with Crippen LogP contribution in [0.2, 0.25) is 0 Å². The number of carbonyl (C=O) groups excluding carboxylic acids is 2. The third-order valence-electron chi connectivity index (χ3n) is 4.36. The number of hydrogen-bond donors (Lipinski definition) is 3. The smallest absolute Gasteiger partial charge is 0.292 e. The molecule has 4 N–H and O–H groups in total. The quantitative estimate of drug-likeness (QED) is 0.672. The molecule has 1 aliphatic heterocycles. The fourth-order valence-corrected chi connectivity index (χ4v) is 3.69. The van der Waals surface area contributed by atoms with E-state index < -0.39 is 15.9 Å². The van der Waals surface area contributed by atoms with Crippen molar-refractivity contribution in [2.75, 3.05) is 16.9 Å². The fraction of sp³-hybridized carbons (Fsp3) is 0.211. The highest BCUT2D eigenvalue weighted by molar-refractivity contribution is 7.89. The second-order valence-corrected chi connectivity index (χ2v) is 8.05. The normalized spacial score (nSPS) is 14.2. The summed E-state index contributed by atoms with van der Waals surface area (Å²) in [5, 5.41) is 9.09. The molecule has 152 valence electrons. The molecule has 2 aromatic carbocycles. The Morgan fingerprint density at radius 1 is 1.24 bits per heavy atom. The van der Waals surface area contributed by atoms with Crippen LogP contribution in [-0.2, 0) is 26.0 Å². The Morgan fingerprint density at radius 2 is 1.93 bits per heavy atom. The van der Waals surface area contributed by atoms with Gasteiger partial charge in [-0.15, -0.1) is 0 Å². The summed E-state index contributed by atoms with van der Waals surface area (Å²) >= 11 is 0. The second kappa shape index (κ2) is 8.02. The van der Waals surface area contributed by atoms with Gasteiger partial charge in [0.2, 0.25) is 15.9 Å². The van der Waals surface area contributed by atoms with E-state index >= 15 is 0 Å². The molecule has 1 heterocycles. The molecule has 0 aliphatic carbocycles. The summed E-state index contributed by atoms with van der Waals surface area (Å²) in [6.07, 6.45) is 0.474. The van der Waals surface area contributed by atoms with E-state index in [2.05, 4.69) is 15.7 Å². The van der Waals surface area contributed by atoms with Gasteiger partial charge in [0.25, 0.3) is 11.8 Å². The molecule has 29 heavy (non-hydrogen) atoms. The lowest BCUT2D eigenvalue weighted by Gasteiger charge is -2.27. The van der Waals surface area contributed by atoms with Gasteiger partial charge in [-0.25, -0.2) is 18.6 Å². The minimum absolute atomic E-state index is 0.0483. The van der Waals surface area contributed by atoms with Gasteiger partial charge in [-0.3, -0.25) is 20.0 Å². The van der Waals surface area contributed by atoms with Crippen LogP contribution < -0.4 is 20.9 Å². The lowest BCUT2D eigenvalue weighted by atomic mass is 10.1. The zero-order valence-electron chi connectivity index (χ0n) is 16.0. The molecular formula is C19H21N5O4S. The van der Waals surface area contributed by atoms with E-state index in [1.54, 1.807) is 31.2 Å². The maximum atomic E-state index is 12.6. The predicted octanol–water partition coefficient (Wildman–Crippen LogP) is 1.09. The summed E-state index contributed by atoms with van der Waals surface area (Å²) in [7, 11) is -3.93. The minimum Gasteiger partial charge on any atom is -0.319 e. The van der Waals surface area contributed by atoms with Crippen LogP contribution in [-0.4, -0.2) is 32.6 Å². The monoisotopic (exact) mass is 415 g/mol. The molecule has 0 saturated carbocycles. The van der Waals surface area contributed by atoms with Crippen molar-refractivity contribution in [3.8, 4) is 0 Å². The molecule has 0 aromatic heterocycles. The summed E-state index contributed by atoms with van der Waals surface area (Å²) in [4.78, 5) is 28.7. The second-order valence-electron chi connectivity index (χ2n) is 6.52. The average molecular weight is 415 g/mol. The molecule has 0 fully saturated rings. The fourth-order valence-electron chi connectivity index (χ4n) is 2.83. The van der Waals surface area contributed by atoms with Gasteiger partial charge in [-0.05, 0) is 43.2 Å². The number of anilines is 2. The first-order valence-electron chi connectivity index (χ1n) is 8.87. The first-order chi connectivity index (χ1) is 13.7. The van der Waals surface area contributed by atoms with Crippen molar-refractivity contribution < 1.29 is 18.0 Å². The van der Waals surface area contributed by atoms with Gasteiger partial charge >= 0.3 is 0 Å². The SMILES string of the molecule is CCc1ccc(NC(=O)C2=NCC(=O)N(c3ccc(C)cc3)N2)cc1S(N)(=O)=O. The largest absolute Gasteiger partial charge is 0.319 e. The Morgan fingerprint density at radius 3 is 2.55 bits per heavy atom. The van der Waals surface area contributed by atoms with Crippen LogP contribution in [0.4, 0.5) is 11.4 Å². The Kier molecular flexibility index (Phi) is 5.66. The maximum absolute atomic E-state index is 12.6. The van der Waals surface area contributed by atoms with Gasteiger partial charge in [-0.2, -0.15) is 0 Å². The van der Waals surface area contributed by atoms with Crippen LogP contribution in [0, 0.1) is 6.92 Å². The van der Waals surface area contributed by atoms with Crippen LogP contribution in [0.1, 0.15) is 18.1 Å². The number of rotatable bonds is 5. The number of aryl methyl sites for hydroxylation is 2. The molecule has 0 bridgehead atoms. The molecule has 2 amide bonds. The zero-order chi connectivity index (χ0) is 21.2. The average Bonchev–Trinajstić information content (AvgIpc) is 2.68. The van der Waals surface area contributed by atoms with Crippen LogP contribution >= 0.6 is 0 Å². The molecule has 10 heteroatoms. The molecule has 0 radical (unpaired) electrons. The number of amidine groups is 1. The van der Waals surface area contributed by atoms with E-state index in [1.807, 2.05) is 19.1 Å². The lowest BCUT2D eigenvalue weighted by Crippen LogP contribution is -2.54. The Hall–Kier alpha value is -3.24. The van der Waals surface area contributed by atoms with Crippen LogP contribution in [0.25, 0.3) is 0 Å². The minimum atomic E-state index is -3.93. The summed E-state index contributed by atoms with van der Waals surface area (Å²) < 4.78 is 23.6. The van der Waals surface area contributed by atoms with Crippen molar-refractivity contribution in [2.45, 2.75) is 25.2 Å². The highest BCUT2D eigenvalue weighted by Crippen LogP contribution is 2.21. The number of primary sulfonamides is 1. The summed E-state index contributed by atoms with van der Waals surface area (Å²) in [6, 6.07) is 11.7. The number of nitrogens with one attached hydrogen (secondary N) is 2. The maximum Gasteiger partial charge on any atom is 0.292 e. The number of aliphatic imine (C=N–C) groups is 1. The molecule has 0 spiro atoms. The number of sulfonamides is 1. The molecule has 3 rings (SSSR count). The van der Waals surface area contributed by atoms with E-state index in [1.165, 1.54) is 11.1 Å². The number of nitrogens with two attached hydrogens (primary N) is 1. The van der Waals surface area contributed by atoms with Gasteiger partial charge in [0.05, 0.1) is 10.6 Å². The summed E-state index contributed by atoms with van der Waals surface area (Å²) in [6.45, 7) is 3.54. The third kappa shape index (κ3) is 4.61.